The molecule has 1 aliphatic carbocycles. The summed E-state index contributed by atoms with van der Waals surface area (Å²) in [6.45, 7) is 2.01. The maximum atomic E-state index is 5.71. The molecule has 114 valence electrons. The van der Waals surface area contributed by atoms with Gasteiger partial charge in [0.05, 0.1) is 12.0 Å². The summed E-state index contributed by atoms with van der Waals surface area (Å²) in [4.78, 5) is 0. The van der Waals surface area contributed by atoms with Crippen LogP contribution in [0.2, 0.25) is 0 Å². The Bertz CT molecular complexity index is 759. The van der Waals surface area contributed by atoms with Crippen molar-refractivity contribution in [3.63, 3.8) is 0 Å². The Morgan fingerprint density at radius 2 is 2.05 bits per heavy atom. The number of halogens is 1. The first-order valence-electron chi connectivity index (χ1n) is 7.03. The van der Waals surface area contributed by atoms with Gasteiger partial charge in [-0.25, -0.2) is 0 Å². The maximum Gasteiger partial charge on any atom is 0.211 e. The van der Waals surface area contributed by atoms with Crippen LogP contribution in [0.3, 0.4) is 0 Å². The molecule has 0 saturated heterocycles. The molecule has 1 heterocycles. The minimum Gasteiger partial charge on any atom is -0.468 e. The van der Waals surface area contributed by atoms with Crippen LogP contribution in [0.5, 0.6) is 0 Å². The van der Waals surface area contributed by atoms with E-state index in [4.69, 9.17) is 15.9 Å². The van der Waals surface area contributed by atoms with E-state index in [0.717, 1.165) is 39.9 Å². The second kappa shape index (κ2) is 5.96. The smallest absolute Gasteiger partial charge is 0.211 e. The highest BCUT2D eigenvalue weighted by atomic mass is 79.9. The number of nitrogens with two attached hydrogens (primary N) is 2. The van der Waals surface area contributed by atoms with Gasteiger partial charge in [0, 0.05) is 16.5 Å². The zero-order valence-corrected chi connectivity index (χ0v) is 13.8. The highest BCUT2D eigenvalue weighted by molar-refractivity contribution is 9.10. The van der Waals surface area contributed by atoms with E-state index >= 15 is 0 Å². The lowest BCUT2D eigenvalue weighted by Gasteiger charge is -2.24. The number of benzene rings is 1. The molecular formula is C16H17BrN4O. The summed E-state index contributed by atoms with van der Waals surface area (Å²) in [6.07, 6.45) is 3.37. The van der Waals surface area contributed by atoms with E-state index in [9.17, 15) is 0 Å². The number of guanidine groups is 1. The molecule has 1 aromatic heterocycles. The van der Waals surface area contributed by atoms with Crippen LogP contribution >= 0.6 is 15.9 Å². The fourth-order valence-corrected chi connectivity index (χ4v) is 3.51. The Kier molecular flexibility index (Phi) is 4.02. The largest absolute Gasteiger partial charge is 0.468 e. The van der Waals surface area contributed by atoms with Gasteiger partial charge < -0.3 is 15.9 Å². The molecule has 2 aromatic rings. The van der Waals surface area contributed by atoms with Crippen molar-refractivity contribution >= 4 is 27.6 Å². The summed E-state index contributed by atoms with van der Waals surface area (Å²) in [7, 11) is 0. The van der Waals surface area contributed by atoms with Gasteiger partial charge in [-0.05, 0) is 36.5 Å². The quantitative estimate of drug-likeness (QED) is 0.489. The number of rotatable bonds is 2. The molecule has 0 amide bonds. The Labute approximate surface area is 137 Å². The van der Waals surface area contributed by atoms with Crippen molar-refractivity contribution in [2.75, 3.05) is 0 Å². The van der Waals surface area contributed by atoms with Crippen molar-refractivity contribution < 1.29 is 4.42 Å². The van der Waals surface area contributed by atoms with E-state index in [2.05, 4.69) is 32.2 Å². The van der Waals surface area contributed by atoms with Gasteiger partial charge in [0.2, 0.25) is 5.96 Å². The predicted octanol–water partition coefficient (Wildman–Crippen LogP) is 3.06. The van der Waals surface area contributed by atoms with Crippen molar-refractivity contribution in [3.8, 4) is 0 Å². The lowest BCUT2D eigenvalue weighted by atomic mass is 9.81. The third-order valence-corrected chi connectivity index (χ3v) is 4.56. The normalized spacial score (nSPS) is 19.0. The third kappa shape index (κ3) is 2.78. The molecule has 0 saturated carbocycles. The van der Waals surface area contributed by atoms with E-state index < -0.39 is 0 Å². The van der Waals surface area contributed by atoms with Crippen molar-refractivity contribution in [2.24, 2.45) is 21.7 Å². The zero-order chi connectivity index (χ0) is 15.7. The van der Waals surface area contributed by atoms with Crippen molar-refractivity contribution in [3.05, 3.63) is 57.5 Å². The molecule has 4 N–H and O–H groups in total. The van der Waals surface area contributed by atoms with E-state index in [1.165, 1.54) is 5.56 Å². The lowest BCUT2D eigenvalue weighted by molar-refractivity contribution is 0.480. The van der Waals surface area contributed by atoms with Crippen molar-refractivity contribution in [2.45, 2.75) is 25.7 Å². The van der Waals surface area contributed by atoms with E-state index in [1.54, 1.807) is 6.26 Å². The van der Waals surface area contributed by atoms with Crippen LogP contribution in [0.4, 0.5) is 0 Å². The molecule has 0 bridgehead atoms. The Morgan fingerprint density at radius 3 is 2.77 bits per heavy atom. The van der Waals surface area contributed by atoms with E-state index in [-0.39, 0.29) is 11.9 Å². The standard InChI is InChI=1S/C16H17BrN4O/c1-9-8-22-14-7-10(11-4-2-3-5-12(11)17)6-13(15(9)14)20-21-16(18)19/h2-5,8,10H,6-7H2,1H3,(H4,18,19,21)/b20-13-. The molecule has 6 heteroatoms. The molecule has 0 spiro atoms. The Balaban J connectivity index is 2.04. The van der Waals surface area contributed by atoms with Crippen LogP contribution in [0, 0.1) is 6.92 Å². The van der Waals surface area contributed by atoms with Gasteiger partial charge in [-0.3, -0.25) is 0 Å². The van der Waals surface area contributed by atoms with Crippen LogP contribution in [0.15, 0.2) is 49.6 Å². The molecule has 1 unspecified atom stereocenters. The van der Waals surface area contributed by atoms with E-state index in [1.807, 2.05) is 25.1 Å². The van der Waals surface area contributed by atoms with Crippen LogP contribution in [0.1, 0.15) is 34.8 Å². The number of hydrogen-bond donors (Lipinski definition) is 2. The zero-order valence-electron chi connectivity index (χ0n) is 12.2. The summed E-state index contributed by atoms with van der Waals surface area (Å²) >= 11 is 3.62. The summed E-state index contributed by atoms with van der Waals surface area (Å²) < 4.78 is 6.80. The van der Waals surface area contributed by atoms with Gasteiger partial charge in [0.25, 0.3) is 0 Å². The maximum absolute atomic E-state index is 5.71. The predicted molar refractivity (Wildman–Crippen MR) is 91.0 cm³/mol. The number of aryl methyl sites for hydroxylation is 1. The van der Waals surface area contributed by atoms with Crippen molar-refractivity contribution in [1.29, 1.82) is 0 Å². The SMILES string of the molecule is Cc1coc2c1/C(=N\N=C(N)N)CC(c1ccccc1Br)C2. The summed E-state index contributed by atoms with van der Waals surface area (Å²) in [6, 6.07) is 8.21. The Morgan fingerprint density at radius 1 is 1.27 bits per heavy atom. The average molecular weight is 361 g/mol. The first kappa shape index (κ1) is 14.8. The van der Waals surface area contributed by atoms with E-state index in [0.29, 0.717) is 0 Å². The third-order valence-electron chi connectivity index (χ3n) is 3.84. The molecule has 0 fully saturated rings. The molecule has 22 heavy (non-hydrogen) atoms. The Hall–Kier alpha value is -2.08. The average Bonchev–Trinajstić information content (AvgIpc) is 2.87. The highest BCUT2D eigenvalue weighted by Gasteiger charge is 2.30. The second-order valence-corrected chi connectivity index (χ2v) is 6.27. The number of hydrogen-bond acceptors (Lipinski definition) is 3. The van der Waals surface area contributed by atoms with Gasteiger partial charge in [0.1, 0.15) is 5.76 Å². The summed E-state index contributed by atoms with van der Waals surface area (Å²) in [5.41, 5.74) is 15.0. The monoisotopic (exact) mass is 360 g/mol. The molecule has 0 aliphatic heterocycles. The van der Waals surface area contributed by atoms with Crippen molar-refractivity contribution in [1.82, 2.24) is 0 Å². The molecule has 5 nitrogen and oxygen atoms in total. The highest BCUT2D eigenvalue weighted by Crippen LogP contribution is 2.38. The first-order chi connectivity index (χ1) is 10.6. The van der Waals surface area contributed by atoms with Gasteiger partial charge in [-0.2, -0.15) is 5.10 Å². The summed E-state index contributed by atoms with van der Waals surface area (Å²) in [5, 5.41) is 8.07. The molecule has 1 atom stereocenters. The fraction of sp³-hybridized carbons (Fsp3) is 0.250. The fourth-order valence-electron chi connectivity index (χ4n) is 2.90. The molecule has 1 aromatic carbocycles. The minimum absolute atomic E-state index is 0.0433. The number of furan rings is 1. The molecule has 3 rings (SSSR count). The molecular weight excluding hydrogens is 344 g/mol. The number of nitrogens with zero attached hydrogens (tertiary/aromatic N) is 2. The lowest BCUT2D eigenvalue weighted by Crippen LogP contribution is -2.23. The van der Waals surface area contributed by atoms with Crippen LogP contribution in [-0.4, -0.2) is 11.7 Å². The van der Waals surface area contributed by atoms with Gasteiger partial charge >= 0.3 is 0 Å². The second-order valence-electron chi connectivity index (χ2n) is 5.42. The van der Waals surface area contributed by atoms with Crippen LogP contribution < -0.4 is 11.5 Å². The summed E-state index contributed by atoms with van der Waals surface area (Å²) in [5.74, 6) is 1.17. The van der Waals surface area contributed by atoms with Gasteiger partial charge in [0.15, 0.2) is 0 Å². The van der Waals surface area contributed by atoms with Gasteiger partial charge in [-0.15, -0.1) is 5.10 Å². The number of fused-ring (bicyclic) bond motifs is 1. The van der Waals surface area contributed by atoms with Gasteiger partial charge in [-0.1, -0.05) is 34.1 Å². The minimum atomic E-state index is -0.0433. The van der Waals surface area contributed by atoms with Crippen LogP contribution in [-0.2, 0) is 6.42 Å². The molecule has 1 aliphatic rings. The molecule has 0 radical (unpaired) electrons. The van der Waals surface area contributed by atoms with Crippen LogP contribution in [0.25, 0.3) is 0 Å². The first-order valence-corrected chi connectivity index (χ1v) is 7.82. The topological polar surface area (TPSA) is 89.9 Å².